The zero-order valence-corrected chi connectivity index (χ0v) is 8.94. The van der Waals surface area contributed by atoms with E-state index in [0.29, 0.717) is 5.69 Å². The van der Waals surface area contributed by atoms with Crippen LogP contribution in [0, 0.1) is 0 Å². The summed E-state index contributed by atoms with van der Waals surface area (Å²) in [5.41, 5.74) is 12.0. The Morgan fingerprint density at radius 3 is 2.12 bits per heavy atom. The fourth-order valence-corrected chi connectivity index (χ4v) is 1.62. The molecule has 86 valence electrons. The number of aromatic amines is 1. The second-order valence-corrected chi connectivity index (χ2v) is 3.57. The molecule has 17 heavy (non-hydrogen) atoms. The average molecular weight is 229 g/mol. The number of benzene rings is 1. The highest BCUT2D eigenvalue weighted by Crippen LogP contribution is 2.21. The third-order valence-corrected chi connectivity index (χ3v) is 2.41. The molecule has 5 nitrogen and oxygen atoms in total. The van der Waals surface area contributed by atoms with Crippen molar-refractivity contribution in [1.82, 2.24) is 4.98 Å². The van der Waals surface area contributed by atoms with Gasteiger partial charge in [-0.1, -0.05) is 30.3 Å². The van der Waals surface area contributed by atoms with Gasteiger partial charge in [0.2, 0.25) is 0 Å². The van der Waals surface area contributed by atoms with Gasteiger partial charge in [-0.25, -0.2) is 0 Å². The van der Waals surface area contributed by atoms with Crippen molar-refractivity contribution in [3.63, 3.8) is 0 Å². The Morgan fingerprint density at radius 2 is 1.65 bits per heavy atom. The Hall–Kier alpha value is -2.56. The molecule has 2 rings (SSSR count). The second kappa shape index (κ2) is 4.13. The van der Waals surface area contributed by atoms with Crippen LogP contribution < -0.4 is 11.5 Å². The first-order chi connectivity index (χ1) is 8.09. The summed E-state index contributed by atoms with van der Waals surface area (Å²) in [6.45, 7) is 0. The normalized spacial score (nSPS) is 10.1. The van der Waals surface area contributed by atoms with Gasteiger partial charge in [0.25, 0.3) is 11.8 Å². The summed E-state index contributed by atoms with van der Waals surface area (Å²) in [6.07, 6.45) is 0. The molecule has 1 heterocycles. The lowest BCUT2D eigenvalue weighted by Crippen LogP contribution is -2.19. The highest BCUT2D eigenvalue weighted by molar-refractivity contribution is 6.06. The molecule has 0 aliphatic rings. The molecule has 0 spiro atoms. The maximum atomic E-state index is 11.2. The summed E-state index contributed by atoms with van der Waals surface area (Å²) in [6, 6.07) is 10.8. The molecule has 0 unspecified atom stereocenters. The van der Waals surface area contributed by atoms with Gasteiger partial charge in [0, 0.05) is 5.69 Å². The predicted molar refractivity (Wildman–Crippen MR) is 63.3 cm³/mol. The molecule has 5 N–H and O–H groups in total. The molecule has 0 aliphatic heterocycles. The third kappa shape index (κ3) is 2.03. The fraction of sp³-hybridized carbons (Fsp3) is 0. The van der Waals surface area contributed by atoms with E-state index in [1.807, 2.05) is 30.3 Å². The largest absolute Gasteiger partial charge is 0.366 e. The van der Waals surface area contributed by atoms with E-state index < -0.39 is 11.8 Å². The molecule has 2 amide bonds. The highest BCUT2D eigenvalue weighted by atomic mass is 16.2. The highest BCUT2D eigenvalue weighted by Gasteiger charge is 2.17. The van der Waals surface area contributed by atoms with Crippen molar-refractivity contribution in [3.8, 4) is 11.3 Å². The number of nitrogens with one attached hydrogen (secondary N) is 1. The van der Waals surface area contributed by atoms with Crippen LogP contribution in [0.5, 0.6) is 0 Å². The number of aromatic nitrogens is 1. The number of nitrogens with two attached hydrogens (primary N) is 2. The van der Waals surface area contributed by atoms with Crippen LogP contribution in [0.2, 0.25) is 0 Å². The number of amides is 2. The first-order valence-corrected chi connectivity index (χ1v) is 4.97. The Morgan fingerprint density at radius 1 is 1.00 bits per heavy atom. The summed E-state index contributed by atoms with van der Waals surface area (Å²) in [5.74, 6) is -1.39. The zero-order valence-electron chi connectivity index (χ0n) is 8.94. The van der Waals surface area contributed by atoms with Crippen molar-refractivity contribution < 1.29 is 9.59 Å². The average Bonchev–Trinajstić information content (AvgIpc) is 2.75. The topological polar surface area (TPSA) is 102 Å². The van der Waals surface area contributed by atoms with Crippen molar-refractivity contribution in [1.29, 1.82) is 0 Å². The Labute approximate surface area is 97.4 Å². The van der Waals surface area contributed by atoms with E-state index >= 15 is 0 Å². The van der Waals surface area contributed by atoms with Gasteiger partial charge >= 0.3 is 0 Å². The monoisotopic (exact) mass is 229 g/mol. The van der Waals surface area contributed by atoms with Crippen LogP contribution in [0.25, 0.3) is 11.3 Å². The molecular formula is C12H11N3O2. The van der Waals surface area contributed by atoms with Crippen LogP contribution in [-0.4, -0.2) is 16.8 Å². The number of rotatable bonds is 3. The molecule has 0 saturated carbocycles. The van der Waals surface area contributed by atoms with E-state index in [9.17, 15) is 9.59 Å². The Bertz CT molecular complexity index is 541. The molecule has 0 saturated heterocycles. The Kier molecular flexibility index (Phi) is 2.66. The van der Waals surface area contributed by atoms with Crippen molar-refractivity contribution >= 4 is 11.8 Å². The lowest BCUT2D eigenvalue weighted by Gasteiger charge is -1.95. The van der Waals surface area contributed by atoms with Gasteiger partial charge in [-0.05, 0) is 11.6 Å². The van der Waals surface area contributed by atoms with Gasteiger partial charge in [-0.15, -0.1) is 0 Å². The summed E-state index contributed by atoms with van der Waals surface area (Å²) < 4.78 is 0. The maximum absolute atomic E-state index is 11.2. The molecular weight excluding hydrogens is 218 g/mol. The van der Waals surface area contributed by atoms with E-state index in [-0.39, 0.29) is 11.3 Å². The Balaban J connectivity index is 2.55. The van der Waals surface area contributed by atoms with E-state index in [4.69, 9.17) is 11.5 Å². The van der Waals surface area contributed by atoms with Crippen molar-refractivity contribution in [2.24, 2.45) is 11.5 Å². The minimum Gasteiger partial charge on any atom is -0.366 e. The van der Waals surface area contributed by atoms with Gasteiger partial charge < -0.3 is 16.5 Å². The minimum absolute atomic E-state index is 0.0383. The van der Waals surface area contributed by atoms with Crippen LogP contribution in [0.3, 0.4) is 0 Å². The SMILES string of the molecule is NC(=O)c1cc(-c2ccccc2)[nH]c1C(N)=O. The van der Waals surface area contributed by atoms with E-state index in [1.54, 1.807) is 0 Å². The molecule has 5 heteroatoms. The molecule has 2 aromatic rings. The second-order valence-electron chi connectivity index (χ2n) is 3.57. The van der Waals surface area contributed by atoms with Crippen molar-refractivity contribution in [2.75, 3.05) is 0 Å². The summed E-state index contributed by atoms with van der Waals surface area (Å²) in [5, 5.41) is 0. The van der Waals surface area contributed by atoms with Crippen LogP contribution >= 0.6 is 0 Å². The first kappa shape index (κ1) is 10.9. The summed E-state index contributed by atoms with van der Waals surface area (Å²) in [7, 11) is 0. The zero-order chi connectivity index (χ0) is 12.4. The van der Waals surface area contributed by atoms with Gasteiger partial charge in [0.15, 0.2) is 0 Å². The van der Waals surface area contributed by atoms with Gasteiger partial charge in [0.05, 0.1) is 5.56 Å². The van der Waals surface area contributed by atoms with Gasteiger partial charge in [0.1, 0.15) is 5.69 Å². The van der Waals surface area contributed by atoms with E-state index in [0.717, 1.165) is 5.56 Å². The number of carbonyl (C=O) groups excluding carboxylic acids is 2. The standard InChI is InChI=1S/C12H11N3O2/c13-11(16)8-6-9(15-10(8)12(14)17)7-4-2-1-3-5-7/h1-6,15H,(H2,13,16)(H2,14,17). The quantitative estimate of drug-likeness (QED) is 0.727. The van der Waals surface area contributed by atoms with Gasteiger partial charge in [-0.2, -0.15) is 0 Å². The van der Waals surface area contributed by atoms with Gasteiger partial charge in [-0.3, -0.25) is 9.59 Å². The number of primary amides is 2. The van der Waals surface area contributed by atoms with Crippen LogP contribution in [0.1, 0.15) is 20.8 Å². The van der Waals surface area contributed by atoms with Crippen LogP contribution in [-0.2, 0) is 0 Å². The maximum Gasteiger partial charge on any atom is 0.265 e. The van der Waals surface area contributed by atoms with Crippen molar-refractivity contribution in [2.45, 2.75) is 0 Å². The molecule has 0 radical (unpaired) electrons. The number of carbonyl (C=O) groups is 2. The van der Waals surface area contributed by atoms with E-state index in [1.165, 1.54) is 6.07 Å². The number of hydrogen-bond donors (Lipinski definition) is 3. The van der Waals surface area contributed by atoms with Crippen LogP contribution in [0.15, 0.2) is 36.4 Å². The number of hydrogen-bond acceptors (Lipinski definition) is 2. The molecule has 0 aliphatic carbocycles. The molecule has 1 aromatic carbocycles. The van der Waals surface area contributed by atoms with E-state index in [2.05, 4.69) is 4.98 Å². The smallest absolute Gasteiger partial charge is 0.265 e. The fourth-order valence-electron chi connectivity index (χ4n) is 1.62. The lowest BCUT2D eigenvalue weighted by molar-refractivity contribution is 0.0965. The molecule has 0 bridgehead atoms. The van der Waals surface area contributed by atoms with Crippen molar-refractivity contribution in [3.05, 3.63) is 47.7 Å². The number of H-pyrrole nitrogens is 1. The summed E-state index contributed by atoms with van der Waals surface area (Å²) in [4.78, 5) is 25.1. The molecule has 1 aromatic heterocycles. The predicted octanol–water partition coefficient (Wildman–Crippen LogP) is 0.879. The summed E-state index contributed by atoms with van der Waals surface area (Å²) >= 11 is 0. The first-order valence-electron chi connectivity index (χ1n) is 4.97. The molecule has 0 atom stereocenters. The molecule has 0 fully saturated rings. The lowest BCUT2D eigenvalue weighted by atomic mass is 10.1. The third-order valence-electron chi connectivity index (χ3n) is 2.41. The minimum atomic E-state index is -0.707. The van der Waals surface area contributed by atoms with Crippen LogP contribution in [0.4, 0.5) is 0 Å².